The number of benzene rings is 1. The molecule has 84 valence electrons. The third kappa shape index (κ3) is 2.50. The third-order valence-electron chi connectivity index (χ3n) is 2.54. The van der Waals surface area contributed by atoms with Crippen molar-refractivity contribution < 1.29 is 0 Å². The highest BCUT2D eigenvalue weighted by Crippen LogP contribution is 2.36. The molecule has 1 unspecified atom stereocenters. The molecule has 1 aromatic heterocycles. The summed E-state index contributed by atoms with van der Waals surface area (Å²) in [5, 5.41) is -0.0445. The number of rotatable bonds is 2. The number of halogens is 2. The smallest absolute Gasteiger partial charge is 0.0930 e. The van der Waals surface area contributed by atoms with E-state index >= 15 is 0 Å². The number of thiophene rings is 1. The van der Waals surface area contributed by atoms with Gasteiger partial charge in [-0.05, 0) is 53.0 Å². The van der Waals surface area contributed by atoms with Gasteiger partial charge in [-0.25, -0.2) is 0 Å². The SMILES string of the molecule is Cc1ccc(C(Cl)c2ccc(Br)s2)c(C)c1. The average molecular weight is 316 g/mol. The summed E-state index contributed by atoms with van der Waals surface area (Å²) in [6.07, 6.45) is 0. The minimum Gasteiger partial charge on any atom is -0.131 e. The van der Waals surface area contributed by atoms with Crippen LogP contribution in [0.4, 0.5) is 0 Å². The molecule has 1 atom stereocenters. The first-order valence-corrected chi connectivity index (χ1v) is 7.09. The number of aryl methyl sites for hydroxylation is 2. The van der Waals surface area contributed by atoms with Gasteiger partial charge in [0, 0.05) is 4.88 Å². The van der Waals surface area contributed by atoms with Crippen LogP contribution in [0, 0.1) is 13.8 Å². The Morgan fingerprint density at radius 2 is 1.94 bits per heavy atom. The maximum atomic E-state index is 6.49. The lowest BCUT2D eigenvalue weighted by Gasteiger charge is -2.11. The van der Waals surface area contributed by atoms with E-state index in [0.29, 0.717) is 0 Å². The van der Waals surface area contributed by atoms with Crippen LogP contribution in [0.2, 0.25) is 0 Å². The highest BCUT2D eigenvalue weighted by molar-refractivity contribution is 9.11. The maximum Gasteiger partial charge on any atom is 0.0930 e. The average Bonchev–Trinajstić information content (AvgIpc) is 2.64. The molecular formula is C13H12BrClS. The molecule has 0 saturated heterocycles. The van der Waals surface area contributed by atoms with E-state index in [1.54, 1.807) is 11.3 Å². The molecule has 0 aliphatic rings. The van der Waals surface area contributed by atoms with Gasteiger partial charge in [-0.1, -0.05) is 23.8 Å². The molecule has 0 spiro atoms. The highest BCUT2D eigenvalue weighted by atomic mass is 79.9. The Morgan fingerprint density at radius 1 is 1.19 bits per heavy atom. The Bertz CT molecular complexity index is 504. The summed E-state index contributed by atoms with van der Waals surface area (Å²) in [5.74, 6) is 0. The first kappa shape index (κ1) is 12.2. The van der Waals surface area contributed by atoms with Crippen LogP contribution in [-0.2, 0) is 0 Å². The predicted octanol–water partition coefficient (Wildman–Crippen LogP) is 5.46. The number of alkyl halides is 1. The van der Waals surface area contributed by atoms with E-state index in [-0.39, 0.29) is 5.38 Å². The largest absolute Gasteiger partial charge is 0.131 e. The summed E-state index contributed by atoms with van der Waals surface area (Å²) >= 11 is 11.6. The zero-order chi connectivity index (χ0) is 11.7. The van der Waals surface area contributed by atoms with Crippen molar-refractivity contribution in [2.24, 2.45) is 0 Å². The molecule has 0 amide bonds. The quantitative estimate of drug-likeness (QED) is 0.646. The van der Waals surface area contributed by atoms with Crippen molar-refractivity contribution in [3.05, 3.63) is 55.7 Å². The Morgan fingerprint density at radius 3 is 2.50 bits per heavy atom. The second-order valence-electron chi connectivity index (χ2n) is 3.86. The predicted molar refractivity (Wildman–Crippen MR) is 75.6 cm³/mol. The lowest BCUT2D eigenvalue weighted by atomic mass is 10.0. The van der Waals surface area contributed by atoms with Crippen LogP contribution in [-0.4, -0.2) is 0 Å². The van der Waals surface area contributed by atoms with Crippen molar-refractivity contribution in [2.45, 2.75) is 19.2 Å². The molecule has 0 N–H and O–H groups in total. The minimum absolute atomic E-state index is 0.0445. The fourth-order valence-corrected chi connectivity index (χ4v) is 3.60. The van der Waals surface area contributed by atoms with E-state index < -0.39 is 0 Å². The molecule has 1 heterocycles. The fraction of sp³-hybridized carbons (Fsp3) is 0.231. The lowest BCUT2D eigenvalue weighted by Crippen LogP contribution is -1.94. The molecule has 2 aromatic rings. The first-order valence-electron chi connectivity index (χ1n) is 5.04. The summed E-state index contributed by atoms with van der Waals surface area (Å²) in [6.45, 7) is 4.21. The van der Waals surface area contributed by atoms with Gasteiger partial charge in [-0.15, -0.1) is 22.9 Å². The first-order chi connectivity index (χ1) is 7.58. The fourth-order valence-electron chi connectivity index (χ4n) is 1.73. The van der Waals surface area contributed by atoms with Crippen LogP contribution in [0.25, 0.3) is 0 Å². The Labute approximate surface area is 113 Å². The molecule has 0 bridgehead atoms. The molecule has 0 saturated carbocycles. The molecule has 0 aliphatic carbocycles. The minimum atomic E-state index is -0.0445. The third-order valence-corrected chi connectivity index (χ3v) is 4.83. The van der Waals surface area contributed by atoms with Gasteiger partial charge in [-0.2, -0.15) is 0 Å². The highest BCUT2D eigenvalue weighted by Gasteiger charge is 2.14. The Kier molecular flexibility index (Phi) is 3.73. The zero-order valence-electron chi connectivity index (χ0n) is 9.13. The topological polar surface area (TPSA) is 0 Å². The van der Waals surface area contributed by atoms with Crippen LogP contribution in [0.15, 0.2) is 34.1 Å². The monoisotopic (exact) mass is 314 g/mol. The summed E-state index contributed by atoms with van der Waals surface area (Å²) in [5.41, 5.74) is 3.73. The van der Waals surface area contributed by atoms with E-state index in [4.69, 9.17) is 11.6 Å². The van der Waals surface area contributed by atoms with E-state index in [0.717, 1.165) is 3.79 Å². The van der Waals surface area contributed by atoms with Crippen molar-refractivity contribution in [1.82, 2.24) is 0 Å². The standard InChI is InChI=1S/C13H12BrClS/c1-8-3-4-10(9(2)7-8)13(15)11-5-6-12(14)16-11/h3-7,13H,1-2H3. The van der Waals surface area contributed by atoms with Crippen molar-refractivity contribution in [2.75, 3.05) is 0 Å². The van der Waals surface area contributed by atoms with E-state index in [9.17, 15) is 0 Å². The van der Waals surface area contributed by atoms with Gasteiger partial charge in [0.15, 0.2) is 0 Å². The second-order valence-corrected chi connectivity index (χ2v) is 6.80. The van der Waals surface area contributed by atoms with Crippen molar-refractivity contribution in [3.8, 4) is 0 Å². The van der Waals surface area contributed by atoms with Gasteiger partial charge in [0.2, 0.25) is 0 Å². The van der Waals surface area contributed by atoms with Crippen molar-refractivity contribution in [3.63, 3.8) is 0 Å². The van der Waals surface area contributed by atoms with Crippen LogP contribution < -0.4 is 0 Å². The van der Waals surface area contributed by atoms with Gasteiger partial charge in [0.05, 0.1) is 9.16 Å². The van der Waals surface area contributed by atoms with Gasteiger partial charge >= 0.3 is 0 Å². The Balaban J connectivity index is 2.37. The van der Waals surface area contributed by atoms with Gasteiger partial charge < -0.3 is 0 Å². The van der Waals surface area contributed by atoms with Gasteiger partial charge in [-0.3, -0.25) is 0 Å². The summed E-state index contributed by atoms with van der Waals surface area (Å²) < 4.78 is 1.12. The zero-order valence-corrected chi connectivity index (χ0v) is 12.3. The molecule has 1 aromatic carbocycles. The lowest BCUT2D eigenvalue weighted by molar-refractivity contribution is 1.14. The second kappa shape index (κ2) is 4.91. The molecule has 3 heteroatoms. The molecule has 0 fully saturated rings. The molecular weight excluding hydrogens is 304 g/mol. The van der Waals surface area contributed by atoms with Crippen molar-refractivity contribution in [1.29, 1.82) is 0 Å². The molecule has 16 heavy (non-hydrogen) atoms. The molecule has 2 rings (SSSR count). The van der Waals surface area contributed by atoms with Crippen molar-refractivity contribution >= 4 is 38.9 Å². The van der Waals surface area contributed by atoms with E-state index in [1.165, 1.54) is 21.6 Å². The normalized spacial score (nSPS) is 12.8. The number of hydrogen-bond donors (Lipinski definition) is 0. The van der Waals surface area contributed by atoms with E-state index in [2.05, 4.69) is 54.0 Å². The molecule has 0 aliphatic heterocycles. The van der Waals surface area contributed by atoms with Crippen LogP contribution in [0.1, 0.15) is 26.9 Å². The summed E-state index contributed by atoms with van der Waals surface area (Å²) in [7, 11) is 0. The van der Waals surface area contributed by atoms with Gasteiger partial charge in [0.1, 0.15) is 0 Å². The van der Waals surface area contributed by atoms with Crippen LogP contribution >= 0.6 is 38.9 Å². The maximum absolute atomic E-state index is 6.49. The molecule has 0 nitrogen and oxygen atoms in total. The van der Waals surface area contributed by atoms with E-state index in [1.807, 2.05) is 6.07 Å². The summed E-state index contributed by atoms with van der Waals surface area (Å²) in [6, 6.07) is 10.5. The number of hydrogen-bond acceptors (Lipinski definition) is 1. The van der Waals surface area contributed by atoms with Crippen LogP contribution in [0.5, 0.6) is 0 Å². The Hall–Kier alpha value is -0.310. The molecule has 0 radical (unpaired) electrons. The van der Waals surface area contributed by atoms with Crippen LogP contribution in [0.3, 0.4) is 0 Å². The van der Waals surface area contributed by atoms with Gasteiger partial charge in [0.25, 0.3) is 0 Å². The summed E-state index contributed by atoms with van der Waals surface area (Å²) in [4.78, 5) is 1.18.